The first-order valence-electron chi connectivity index (χ1n) is 7.05. The van der Waals surface area contributed by atoms with E-state index in [0.29, 0.717) is 25.1 Å². The summed E-state index contributed by atoms with van der Waals surface area (Å²) in [5, 5.41) is 11.9. The minimum Gasteiger partial charge on any atom is -0.478 e. The zero-order valence-corrected chi connectivity index (χ0v) is 12.2. The second-order valence-electron chi connectivity index (χ2n) is 5.13. The van der Waals surface area contributed by atoms with Crippen molar-refractivity contribution in [2.45, 2.75) is 19.1 Å². The Bertz CT molecular complexity index is 666. The summed E-state index contributed by atoms with van der Waals surface area (Å²) in [5.41, 5.74) is 1.11. The van der Waals surface area contributed by atoms with Crippen LogP contribution in [0.1, 0.15) is 27.0 Å². The third-order valence-electron chi connectivity index (χ3n) is 3.37. The Morgan fingerprint density at radius 3 is 2.35 bits per heavy atom. The molecule has 0 saturated heterocycles. The number of alkyl halides is 3. The third kappa shape index (κ3) is 5.10. The molecule has 0 atom stereocenters. The number of carboxylic acids is 1. The molecule has 23 heavy (non-hydrogen) atoms. The van der Waals surface area contributed by atoms with Crippen LogP contribution in [0.25, 0.3) is 0 Å². The molecule has 0 aliphatic rings. The van der Waals surface area contributed by atoms with Gasteiger partial charge in [-0.15, -0.1) is 0 Å². The van der Waals surface area contributed by atoms with Crippen molar-refractivity contribution in [3.63, 3.8) is 0 Å². The van der Waals surface area contributed by atoms with Crippen molar-refractivity contribution in [1.29, 1.82) is 0 Å². The van der Waals surface area contributed by atoms with Gasteiger partial charge in [-0.25, -0.2) is 4.79 Å². The van der Waals surface area contributed by atoms with Crippen LogP contribution in [0.4, 0.5) is 13.2 Å². The van der Waals surface area contributed by atoms with Crippen LogP contribution in [0.2, 0.25) is 0 Å². The summed E-state index contributed by atoms with van der Waals surface area (Å²) in [5.74, 6) is -0.973. The molecule has 0 fully saturated rings. The van der Waals surface area contributed by atoms with Crippen LogP contribution in [0, 0.1) is 0 Å². The fourth-order valence-corrected chi connectivity index (χ4v) is 2.14. The first-order valence-corrected chi connectivity index (χ1v) is 7.05. The van der Waals surface area contributed by atoms with Gasteiger partial charge in [-0.1, -0.05) is 30.3 Å². The highest BCUT2D eigenvalue weighted by Gasteiger charge is 2.30. The molecule has 0 saturated carbocycles. The molecule has 0 radical (unpaired) electrons. The molecular weight excluding hydrogens is 307 g/mol. The highest BCUT2D eigenvalue weighted by atomic mass is 19.4. The van der Waals surface area contributed by atoms with Crippen LogP contribution in [-0.2, 0) is 19.1 Å². The minimum absolute atomic E-state index is 0.227. The summed E-state index contributed by atoms with van der Waals surface area (Å²) < 4.78 is 37.8. The van der Waals surface area contributed by atoms with Crippen LogP contribution < -0.4 is 5.32 Å². The van der Waals surface area contributed by atoms with E-state index in [4.69, 9.17) is 5.11 Å². The van der Waals surface area contributed by atoms with Crippen LogP contribution in [0.3, 0.4) is 0 Å². The number of rotatable bonds is 6. The van der Waals surface area contributed by atoms with Gasteiger partial charge in [0.15, 0.2) is 0 Å². The van der Waals surface area contributed by atoms with E-state index in [-0.39, 0.29) is 5.56 Å². The van der Waals surface area contributed by atoms with E-state index >= 15 is 0 Å². The summed E-state index contributed by atoms with van der Waals surface area (Å²) in [4.78, 5) is 10.7. The molecule has 0 aliphatic carbocycles. The molecule has 0 amide bonds. The number of hydrogen-bond acceptors (Lipinski definition) is 2. The molecule has 0 aromatic heterocycles. The standard InChI is InChI=1S/C17H16F3NO2/c18-17(19,20)15-3-1-2-13(10-15)11-21-9-8-12-4-6-14(7-5-12)16(22)23/h1-7,10,21H,8-9,11H2,(H,22,23). The normalized spacial score (nSPS) is 11.4. The van der Waals surface area contributed by atoms with Crippen molar-refractivity contribution >= 4 is 5.97 Å². The predicted octanol–water partition coefficient (Wildman–Crippen LogP) is 3.74. The van der Waals surface area contributed by atoms with Gasteiger partial charge >= 0.3 is 12.1 Å². The fourth-order valence-electron chi connectivity index (χ4n) is 2.14. The zero-order chi connectivity index (χ0) is 16.9. The molecule has 0 aliphatic heterocycles. The smallest absolute Gasteiger partial charge is 0.416 e. The number of benzene rings is 2. The Balaban J connectivity index is 1.82. The van der Waals surface area contributed by atoms with Crippen molar-refractivity contribution in [3.05, 3.63) is 70.8 Å². The maximum absolute atomic E-state index is 12.6. The van der Waals surface area contributed by atoms with E-state index in [9.17, 15) is 18.0 Å². The van der Waals surface area contributed by atoms with Gasteiger partial charge in [-0.3, -0.25) is 0 Å². The maximum atomic E-state index is 12.6. The number of aromatic carboxylic acids is 1. The van der Waals surface area contributed by atoms with Gasteiger partial charge in [0.05, 0.1) is 11.1 Å². The fraction of sp³-hybridized carbons (Fsp3) is 0.235. The summed E-state index contributed by atoms with van der Waals surface area (Å²) in [7, 11) is 0. The van der Waals surface area contributed by atoms with Crippen LogP contribution in [-0.4, -0.2) is 17.6 Å². The molecule has 0 unspecified atom stereocenters. The number of halogens is 3. The van der Waals surface area contributed by atoms with Gasteiger partial charge in [-0.05, 0) is 42.3 Å². The topological polar surface area (TPSA) is 49.3 Å². The van der Waals surface area contributed by atoms with Crippen molar-refractivity contribution in [2.24, 2.45) is 0 Å². The average molecular weight is 323 g/mol. The second-order valence-corrected chi connectivity index (χ2v) is 5.13. The van der Waals surface area contributed by atoms with Crippen LogP contribution >= 0.6 is 0 Å². The van der Waals surface area contributed by atoms with Crippen molar-refractivity contribution < 1.29 is 23.1 Å². The molecule has 2 rings (SSSR count). The number of hydrogen-bond donors (Lipinski definition) is 2. The summed E-state index contributed by atoms with van der Waals surface area (Å²) in [6, 6.07) is 11.7. The number of carboxylic acid groups (broad SMARTS) is 1. The molecule has 0 bridgehead atoms. The Hall–Kier alpha value is -2.34. The lowest BCUT2D eigenvalue weighted by Crippen LogP contribution is -2.17. The molecule has 6 heteroatoms. The SMILES string of the molecule is O=C(O)c1ccc(CCNCc2cccc(C(F)(F)F)c2)cc1. The van der Waals surface area contributed by atoms with E-state index in [1.54, 1.807) is 18.2 Å². The van der Waals surface area contributed by atoms with E-state index < -0.39 is 17.7 Å². The quantitative estimate of drug-likeness (QED) is 0.796. The largest absolute Gasteiger partial charge is 0.478 e. The average Bonchev–Trinajstić information content (AvgIpc) is 2.51. The van der Waals surface area contributed by atoms with Gasteiger partial charge < -0.3 is 10.4 Å². The van der Waals surface area contributed by atoms with Gasteiger partial charge in [0, 0.05) is 6.54 Å². The van der Waals surface area contributed by atoms with Gasteiger partial charge in [0.2, 0.25) is 0 Å². The number of nitrogens with one attached hydrogen (secondary N) is 1. The Morgan fingerprint density at radius 1 is 1.04 bits per heavy atom. The van der Waals surface area contributed by atoms with Crippen LogP contribution in [0.15, 0.2) is 48.5 Å². The first-order chi connectivity index (χ1) is 10.9. The summed E-state index contributed by atoms with van der Waals surface area (Å²) in [6.45, 7) is 0.930. The molecule has 0 heterocycles. The molecule has 2 aromatic rings. The Labute approximate surface area is 131 Å². The van der Waals surface area contributed by atoms with E-state index in [1.807, 2.05) is 0 Å². The molecule has 2 N–H and O–H groups in total. The van der Waals surface area contributed by atoms with Crippen molar-refractivity contribution in [1.82, 2.24) is 5.32 Å². The van der Waals surface area contributed by atoms with Crippen molar-refractivity contribution in [2.75, 3.05) is 6.54 Å². The Morgan fingerprint density at radius 2 is 1.74 bits per heavy atom. The molecule has 2 aromatic carbocycles. The Kier molecular flexibility index (Phi) is 5.39. The summed E-state index contributed by atoms with van der Waals surface area (Å²) in [6.07, 6.45) is -3.67. The van der Waals surface area contributed by atoms with Crippen molar-refractivity contribution in [3.8, 4) is 0 Å². The van der Waals surface area contributed by atoms with Crippen LogP contribution in [0.5, 0.6) is 0 Å². The predicted molar refractivity (Wildman–Crippen MR) is 80.3 cm³/mol. The molecule has 3 nitrogen and oxygen atoms in total. The second kappa shape index (κ2) is 7.28. The zero-order valence-electron chi connectivity index (χ0n) is 12.2. The molecular formula is C17H16F3NO2. The monoisotopic (exact) mass is 323 g/mol. The lowest BCUT2D eigenvalue weighted by atomic mass is 10.1. The number of carbonyl (C=O) groups is 1. The van der Waals surface area contributed by atoms with Gasteiger partial charge in [0.1, 0.15) is 0 Å². The van der Waals surface area contributed by atoms with E-state index in [1.165, 1.54) is 18.2 Å². The van der Waals surface area contributed by atoms with Gasteiger partial charge in [-0.2, -0.15) is 13.2 Å². The van der Waals surface area contributed by atoms with E-state index in [0.717, 1.165) is 17.7 Å². The molecule has 122 valence electrons. The lowest BCUT2D eigenvalue weighted by molar-refractivity contribution is -0.137. The highest BCUT2D eigenvalue weighted by molar-refractivity contribution is 5.87. The van der Waals surface area contributed by atoms with Gasteiger partial charge in [0.25, 0.3) is 0 Å². The first kappa shape index (κ1) is 17.0. The third-order valence-corrected chi connectivity index (χ3v) is 3.37. The minimum atomic E-state index is -4.33. The maximum Gasteiger partial charge on any atom is 0.416 e. The highest BCUT2D eigenvalue weighted by Crippen LogP contribution is 2.29. The lowest BCUT2D eigenvalue weighted by Gasteiger charge is -2.09. The molecule has 0 spiro atoms. The van der Waals surface area contributed by atoms with E-state index in [2.05, 4.69) is 5.32 Å². The summed E-state index contributed by atoms with van der Waals surface area (Å²) >= 11 is 0.